The molecule has 2 aromatic heterocycles. The molecule has 4 heteroatoms. The fraction of sp³-hybridized carbons (Fsp3) is 0.538. The Morgan fingerprint density at radius 3 is 2.76 bits per heavy atom. The van der Waals surface area contributed by atoms with Crippen LogP contribution in [0.25, 0.3) is 11.0 Å². The average molecular weight is 232 g/mol. The first-order valence-electron chi connectivity index (χ1n) is 5.98. The number of nitrogens with one attached hydrogen (secondary N) is 1. The van der Waals surface area contributed by atoms with Gasteiger partial charge in [-0.25, -0.2) is 4.98 Å². The zero-order valence-electron chi connectivity index (χ0n) is 11.0. The van der Waals surface area contributed by atoms with Crippen LogP contribution >= 0.6 is 0 Å². The van der Waals surface area contributed by atoms with E-state index >= 15 is 0 Å². The number of hydrogen-bond donors (Lipinski definition) is 1. The third-order valence-electron chi connectivity index (χ3n) is 2.78. The summed E-state index contributed by atoms with van der Waals surface area (Å²) in [5, 5.41) is 3.47. The van der Waals surface area contributed by atoms with Gasteiger partial charge in [-0.15, -0.1) is 0 Å². The minimum atomic E-state index is 0.159. The van der Waals surface area contributed by atoms with E-state index in [0.717, 1.165) is 29.8 Å². The molecule has 0 saturated heterocycles. The lowest BCUT2D eigenvalue weighted by Gasteiger charge is -2.20. The van der Waals surface area contributed by atoms with Gasteiger partial charge in [0.05, 0.1) is 11.7 Å². The van der Waals surface area contributed by atoms with Gasteiger partial charge in [0.1, 0.15) is 11.3 Å². The zero-order chi connectivity index (χ0) is 12.5. The lowest BCUT2D eigenvalue weighted by atomic mass is 10.1. The number of hydrogen-bond acceptors (Lipinski definition) is 3. The summed E-state index contributed by atoms with van der Waals surface area (Å²) in [5.74, 6) is 1.10. The van der Waals surface area contributed by atoms with Crippen LogP contribution in [0, 0.1) is 0 Å². The highest BCUT2D eigenvalue weighted by Crippen LogP contribution is 2.13. The van der Waals surface area contributed by atoms with Gasteiger partial charge in [0.2, 0.25) is 0 Å². The summed E-state index contributed by atoms with van der Waals surface area (Å²) in [4.78, 5) is 8.69. The summed E-state index contributed by atoms with van der Waals surface area (Å²) in [5.41, 5.74) is 2.28. The molecule has 0 atom stereocenters. The molecule has 0 fully saturated rings. The summed E-state index contributed by atoms with van der Waals surface area (Å²) in [6.07, 6.45) is 4.56. The second-order valence-electron chi connectivity index (χ2n) is 5.38. The van der Waals surface area contributed by atoms with Crippen LogP contribution in [0.2, 0.25) is 0 Å². The molecule has 2 aromatic rings. The maximum Gasteiger partial charge on any atom is 0.110 e. The highest BCUT2D eigenvalue weighted by molar-refractivity contribution is 5.74. The van der Waals surface area contributed by atoms with Crippen molar-refractivity contribution < 1.29 is 0 Å². The Labute approximate surface area is 102 Å². The molecular weight excluding hydrogens is 212 g/mol. The lowest BCUT2D eigenvalue weighted by molar-refractivity contribution is 0.426. The lowest BCUT2D eigenvalue weighted by Crippen LogP contribution is -2.37. The van der Waals surface area contributed by atoms with Crippen LogP contribution in [-0.4, -0.2) is 26.6 Å². The second-order valence-corrected chi connectivity index (χ2v) is 5.38. The SMILES string of the molecule is Cn1c(CCNC(C)(C)C)nc2cnccc21. The summed E-state index contributed by atoms with van der Waals surface area (Å²) >= 11 is 0. The molecule has 0 spiro atoms. The molecule has 17 heavy (non-hydrogen) atoms. The van der Waals surface area contributed by atoms with Gasteiger partial charge < -0.3 is 9.88 Å². The molecule has 0 aliphatic carbocycles. The number of aryl methyl sites for hydroxylation is 1. The molecule has 0 aromatic carbocycles. The summed E-state index contributed by atoms with van der Waals surface area (Å²) in [7, 11) is 2.06. The van der Waals surface area contributed by atoms with E-state index in [0.29, 0.717) is 0 Å². The van der Waals surface area contributed by atoms with Crippen molar-refractivity contribution in [2.45, 2.75) is 32.7 Å². The van der Waals surface area contributed by atoms with Gasteiger partial charge in [0.15, 0.2) is 0 Å². The molecule has 0 saturated carbocycles. The zero-order valence-corrected chi connectivity index (χ0v) is 11.0. The molecule has 2 rings (SSSR count). The van der Waals surface area contributed by atoms with Crippen molar-refractivity contribution in [2.24, 2.45) is 7.05 Å². The Kier molecular flexibility index (Phi) is 3.15. The van der Waals surface area contributed by atoms with E-state index in [1.165, 1.54) is 0 Å². The van der Waals surface area contributed by atoms with E-state index in [9.17, 15) is 0 Å². The maximum atomic E-state index is 4.59. The molecule has 0 aliphatic heterocycles. The minimum Gasteiger partial charge on any atom is -0.331 e. The molecule has 92 valence electrons. The van der Waals surface area contributed by atoms with Crippen LogP contribution in [0.5, 0.6) is 0 Å². The molecule has 0 unspecified atom stereocenters. The topological polar surface area (TPSA) is 42.7 Å². The quantitative estimate of drug-likeness (QED) is 0.879. The first kappa shape index (κ1) is 12.0. The van der Waals surface area contributed by atoms with Crippen LogP contribution in [0.15, 0.2) is 18.5 Å². The Hall–Kier alpha value is -1.42. The van der Waals surface area contributed by atoms with Crippen LogP contribution in [-0.2, 0) is 13.5 Å². The average Bonchev–Trinajstić information content (AvgIpc) is 2.55. The number of rotatable bonds is 3. The van der Waals surface area contributed by atoms with E-state index in [1.54, 1.807) is 6.20 Å². The van der Waals surface area contributed by atoms with E-state index in [1.807, 2.05) is 12.3 Å². The van der Waals surface area contributed by atoms with Crippen LogP contribution < -0.4 is 5.32 Å². The first-order valence-corrected chi connectivity index (χ1v) is 5.98. The molecule has 2 heterocycles. The van der Waals surface area contributed by atoms with Crippen molar-refractivity contribution in [1.29, 1.82) is 0 Å². The highest BCUT2D eigenvalue weighted by Gasteiger charge is 2.10. The molecule has 0 aliphatic rings. The Morgan fingerprint density at radius 1 is 1.35 bits per heavy atom. The number of nitrogens with zero attached hydrogens (tertiary/aromatic N) is 3. The summed E-state index contributed by atoms with van der Waals surface area (Å²) in [6.45, 7) is 7.46. The predicted molar refractivity (Wildman–Crippen MR) is 70.0 cm³/mol. The maximum absolute atomic E-state index is 4.59. The first-order chi connectivity index (χ1) is 7.97. The summed E-state index contributed by atoms with van der Waals surface area (Å²) in [6, 6.07) is 2.00. The van der Waals surface area contributed by atoms with Crippen molar-refractivity contribution in [3.8, 4) is 0 Å². The molecule has 0 bridgehead atoms. The van der Waals surface area contributed by atoms with Crippen molar-refractivity contribution in [1.82, 2.24) is 19.9 Å². The van der Waals surface area contributed by atoms with Gasteiger partial charge in [-0.05, 0) is 26.8 Å². The van der Waals surface area contributed by atoms with Crippen molar-refractivity contribution >= 4 is 11.0 Å². The molecular formula is C13H20N4. The van der Waals surface area contributed by atoms with Crippen molar-refractivity contribution in [2.75, 3.05) is 6.54 Å². The third-order valence-corrected chi connectivity index (χ3v) is 2.78. The number of aromatic nitrogens is 3. The monoisotopic (exact) mass is 232 g/mol. The highest BCUT2D eigenvalue weighted by atomic mass is 15.1. The largest absolute Gasteiger partial charge is 0.331 e. The van der Waals surface area contributed by atoms with Gasteiger partial charge in [-0.1, -0.05) is 0 Å². The normalized spacial score (nSPS) is 12.2. The van der Waals surface area contributed by atoms with Gasteiger partial charge in [0.25, 0.3) is 0 Å². The predicted octanol–water partition coefficient (Wildman–Crippen LogP) is 1.90. The van der Waals surface area contributed by atoms with Gasteiger partial charge in [-0.2, -0.15) is 0 Å². The smallest absolute Gasteiger partial charge is 0.110 e. The van der Waals surface area contributed by atoms with E-state index in [4.69, 9.17) is 0 Å². The van der Waals surface area contributed by atoms with Gasteiger partial charge >= 0.3 is 0 Å². The van der Waals surface area contributed by atoms with E-state index in [-0.39, 0.29) is 5.54 Å². The van der Waals surface area contributed by atoms with Crippen LogP contribution in [0.1, 0.15) is 26.6 Å². The summed E-state index contributed by atoms with van der Waals surface area (Å²) < 4.78 is 2.14. The molecule has 0 radical (unpaired) electrons. The van der Waals surface area contributed by atoms with Crippen molar-refractivity contribution in [3.05, 3.63) is 24.3 Å². The molecule has 1 N–H and O–H groups in total. The fourth-order valence-corrected chi connectivity index (χ4v) is 1.87. The number of fused-ring (bicyclic) bond motifs is 1. The third kappa shape index (κ3) is 2.82. The van der Waals surface area contributed by atoms with Crippen LogP contribution in [0.4, 0.5) is 0 Å². The standard InChI is InChI=1S/C13H20N4/c1-13(2,3)15-8-6-12-16-10-9-14-7-5-11(10)17(12)4/h5,7,9,15H,6,8H2,1-4H3. The molecule has 4 nitrogen and oxygen atoms in total. The van der Waals surface area contributed by atoms with Gasteiger partial charge in [-0.3, -0.25) is 4.98 Å². The number of imidazole rings is 1. The van der Waals surface area contributed by atoms with E-state index < -0.39 is 0 Å². The Balaban J connectivity index is 2.11. The van der Waals surface area contributed by atoms with E-state index in [2.05, 4.69) is 47.7 Å². The van der Waals surface area contributed by atoms with Gasteiger partial charge in [0, 0.05) is 31.7 Å². The second kappa shape index (κ2) is 4.45. The minimum absolute atomic E-state index is 0.159. The van der Waals surface area contributed by atoms with Crippen molar-refractivity contribution in [3.63, 3.8) is 0 Å². The van der Waals surface area contributed by atoms with Crippen LogP contribution in [0.3, 0.4) is 0 Å². The fourth-order valence-electron chi connectivity index (χ4n) is 1.87. The molecule has 0 amide bonds. The Morgan fingerprint density at radius 2 is 2.12 bits per heavy atom. The number of pyridine rings is 1. The Bertz CT molecular complexity index is 508.